The van der Waals surface area contributed by atoms with E-state index in [2.05, 4.69) is 0 Å². The van der Waals surface area contributed by atoms with Crippen molar-refractivity contribution >= 4 is 11.4 Å². The van der Waals surface area contributed by atoms with E-state index in [1.807, 2.05) is 24.3 Å². The molecule has 0 fully saturated rings. The lowest BCUT2D eigenvalue weighted by molar-refractivity contribution is -0.113. The molecule has 0 N–H and O–H groups in total. The van der Waals surface area contributed by atoms with Gasteiger partial charge in [-0.1, -0.05) is 24.3 Å². The fourth-order valence-electron chi connectivity index (χ4n) is 2.13. The van der Waals surface area contributed by atoms with Gasteiger partial charge in [-0.3, -0.25) is 4.79 Å². The number of Topliss-reactive ketones (excluding diaryl/α,β-unsaturated/α-hetero) is 1. The second-order valence-electron chi connectivity index (χ2n) is 3.67. The average Bonchev–Trinajstić information content (AvgIpc) is 2.61. The Bertz CT molecular complexity index is 443. The maximum Gasteiger partial charge on any atom is 0.167 e. The Balaban J connectivity index is 2.23. The number of ether oxygens (including phenoxy) is 1. The molecule has 1 aromatic carbocycles. The van der Waals surface area contributed by atoms with Crippen molar-refractivity contribution in [1.29, 1.82) is 0 Å². The van der Waals surface area contributed by atoms with Gasteiger partial charge in [-0.05, 0) is 11.1 Å². The minimum absolute atomic E-state index is 0.229. The second-order valence-corrected chi connectivity index (χ2v) is 3.67. The maximum absolute atomic E-state index is 11.6. The largest absolute Gasteiger partial charge is 0.492 e. The number of allylic oxidation sites excluding steroid dienone is 2. The van der Waals surface area contributed by atoms with Gasteiger partial charge in [-0.25, -0.2) is 0 Å². The summed E-state index contributed by atoms with van der Waals surface area (Å²) in [5.74, 6) is 1.13. The van der Waals surface area contributed by atoms with Crippen LogP contribution in [0, 0.1) is 0 Å². The smallest absolute Gasteiger partial charge is 0.167 e. The number of hydrogen-bond acceptors (Lipinski definition) is 2. The van der Waals surface area contributed by atoms with E-state index in [1.54, 1.807) is 0 Å². The van der Waals surface area contributed by atoms with Gasteiger partial charge in [0.05, 0.1) is 5.57 Å². The molecule has 2 aliphatic rings. The molecule has 2 nitrogen and oxygen atoms in total. The van der Waals surface area contributed by atoms with Crippen LogP contribution in [0.5, 0.6) is 0 Å². The highest BCUT2D eigenvalue weighted by atomic mass is 16.5. The van der Waals surface area contributed by atoms with E-state index in [0.717, 1.165) is 28.9 Å². The van der Waals surface area contributed by atoms with Crippen molar-refractivity contribution in [2.24, 2.45) is 0 Å². The Labute approximate surface area is 82.2 Å². The van der Waals surface area contributed by atoms with Crippen molar-refractivity contribution < 1.29 is 9.53 Å². The topological polar surface area (TPSA) is 26.3 Å². The van der Waals surface area contributed by atoms with Crippen LogP contribution in [0.15, 0.2) is 30.0 Å². The molecular weight excluding hydrogens is 176 g/mol. The van der Waals surface area contributed by atoms with Crippen LogP contribution in [-0.2, 0) is 16.1 Å². The molecule has 0 bridgehead atoms. The summed E-state index contributed by atoms with van der Waals surface area (Å²) < 4.78 is 5.56. The van der Waals surface area contributed by atoms with Crippen molar-refractivity contribution in [3.63, 3.8) is 0 Å². The predicted octanol–water partition coefficient (Wildman–Crippen LogP) is 2.29. The van der Waals surface area contributed by atoms with Gasteiger partial charge in [0.1, 0.15) is 12.4 Å². The molecule has 2 heteroatoms. The summed E-state index contributed by atoms with van der Waals surface area (Å²) >= 11 is 0. The maximum atomic E-state index is 11.6. The van der Waals surface area contributed by atoms with Crippen LogP contribution in [-0.4, -0.2) is 5.78 Å². The van der Waals surface area contributed by atoms with Gasteiger partial charge >= 0.3 is 0 Å². The van der Waals surface area contributed by atoms with E-state index in [9.17, 15) is 4.79 Å². The highest BCUT2D eigenvalue weighted by Gasteiger charge is 2.30. The molecule has 0 spiro atoms. The summed E-state index contributed by atoms with van der Waals surface area (Å²) in [6.45, 7) is 0.613. The molecule has 70 valence electrons. The number of ketones is 1. The molecule has 0 saturated carbocycles. The van der Waals surface area contributed by atoms with Crippen LogP contribution < -0.4 is 0 Å². The monoisotopic (exact) mass is 186 g/mol. The molecule has 1 aliphatic carbocycles. The SMILES string of the molecule is O=C1CCC2=C1c1ccccc1CO2. The molecule has 0 amide bonds. The fourth-order valence-corrected chi connectivity index (χ4v) is 2.13. The number of fused-ring (bicyclic) bond motifs is 2. The summed E-state index contributed by atoms with van der Waals surface area (Å²) in [6, 6.07) is 7.98. The van der Waals surface area contributed by atoms with Gasteiger partial charge in [0.25, 0.3) is 0 Å². The highest BCUT2D eigenvalue weighted by Crippen LogP contribution is 2.37. The van der Waals surface area contributed by atoms with Crippen LogP contribution in [0.2, 0.25) is 0 Å². The van der Waals surface area contributed by atoms with Crippen LogP contribution in [0.4, 0.5) is 0 Å². The van der Waals surface area contributed by atoms with Crippen molar-refractivity contribution in [2.75, 3.05) is 0 Å². The number of carbonyl (C=O) groups excluding carboxylic acids is 1. The van der Waals surface area contributed by atoms with Crippen LogP contribution >= 0.6 is 0 Å². The second kappa shape index (κ2) is 2.71. The summed E-state index contributed by atoms with van der Waals surface area (Å²) in [4.78, 5) is 11.6. The Morgan fingerprint density at radius 1 is 1.14 bits per heavy atom. The van der Waals surface area contributed by atoms with Gasteiger partial charge < -0.3 is 4.74 Å². The van der Waals surface area contributed by atoms with Crippen molar-refractivity contribution in [3.05, 3.63) is 41.2 Å². The third-order valence-electron chi connectivity index (χ3n) is 2.83. The van der Waals surface area contributed by atoms with E-state index in [1.165, 1.54) is 0 Å². The molecule has 0 atom stereocenters. The lowest BCUT2D eigenvalue weighted by atomic mass is 9.97. The fraction of sp³-hybridized carbons (Fsp3) is 0.250. The molecule has 14 heavy (non-hydrogen) atoms. The molecule has 1 heterocycles. The first-order valence-electron chi connectivity index (χ1n) is 4.83. The Morgan fingerprint density at radius 2 is 2.00 bits per heavy atom. The minimum atomic E-state index is 0.229. The highest BCUT2D eigenvalue weighted by molar-refractivity contribution is 6.23. The molecular formula is C12H10O2. The molecule has 0 unspecified atom stereocenters. The zero-order valence-electron chi connectivity index (χ0n) is 7.75. The van der Waals surface area contributed by atoms with Gasteiger partial charge in [0.15, 0.2) is 5.78 Å². The van der Waals surface area contributed by atoms with Crippen LogP contribution in [0.1, 0.15) is 24.0 Å². The van der Waals surface area contributed by atoms with E-state index in [-0.39, 0.29) is 5.78 Å². The molecule has 0 saturated heterocycles. The number of carbonyl (C=O) groups is 1. The molecule has 0 radical (unpaired) electrons. The zero-order valence-corrected chi connectivity index (χ0v) is 7.75. The van der Waals surface area contributed by atoms with Crippen LogP contribution in [0.25, 0.3) is 5.57 Å². The lowest BCUT2D eigenvalue weighted by Crippen LogP contribution is -2.07. The minimum Gasteiger partial charge on any atom is -0.492 e. The molecule has 3 rings (SSSR count). The van der Waals surface area contributed by atoms with Crippen molar-refractivity contribution in [1.82, 2.24) is 0 Å². The Hall–Kier alpha value is -1.57. The van der Waals surface area contributed by atoms with Gasteiger partial charge in [0.2, 0.25) is 0 Å². The average molecular weight is 186 g/mol. The van der Waals surface area contributed by atoms with Gasteiger partial charge in [-0.2, -0.15) is 0 Å². The number of rotatable bonds is 0. The van der Waals surface area contributed by atoms with Gasteiger partial charge in [0, 0.05) is 12.8 Å². The van der Waals surface area contributed by atoms with E-state index in [4.69, 9.17) is 4.74 Å². The normalized spacial score (nSPS) is 19.0. The first-order valence-corrected chi connectivity index (χ1v) is 4.83. The van der Waals surface area contributed by atoms with Crippen molar-refractivity contribution in [3.8, 4) is 0 Å². The van der Waals surface area contributed by atoms with E-state index >= 15 is 0 Å². The van der Waals surface area contributed by atoms with Crippen LogP contribution in [0.3, 0.4) is 0 Å². The molecule has 0 aromatic heterocycles. The quantitative estimate of drug-likeness (QED) is 0.621. The molecule has 1 aliphatic heterocycles. The first kappa shape index (κ1) is 7.80. The predicted molar refractivity (Wildman–Crippen MR) is 52.4 cm³/mol. The number of hydrogen-bond donors (Lipinski definition) is 0. The molecule has 1 aromatic rings. The lowest BCUT2D eigenvalue weighted by Gasteiger charge is -2.18. The first-order chi connectivity index (χ1) is 6.86. The Kier molecular flexibility index (Phi) is 1.51. The Morgan fingerprint density at radius 3 is 2.93 bits per heavy atom. The summed E-state index contributed by atoms with van der Waals surface area (Å²) in [6.07, 6.45) is 1.39. The zero-order chi connectivity index (χ0) is 9.54. The summed E-state index contributed by atoms with van der Waals surface area (Å²) in [5.41, 5.74) is 3.03. The summed E-state index contributed by atoms with van der Waals surface area (Å²) in [7, 11) is 0. The van der Waals surface area contributed by atoms with Gasteiger partial charge in [-0.15, -0.1) is 0 Å². The van der Waals surface area contributed by atoms with E-state index in [0.29, 0.717) is 13.0 Å². The summed E-state index contributed by atoms with van der Waals surface area (Å²) in [5, 5.41) is 0. The van der Waals surface area contributed by atoms with E-state index < -0.39 is 0 Å². The number of benzene rings is 1. The third kappa shape index (κ3) is 0.939. The third-order valence-corrected chi connectivity index (χ3v) is 2.83. The van der Waals surface area contributed by atoms with Crippen molar-refractivity contribution in [2.45, 2.75) is 19.4 Å². The standard InChI is InChI=1S/C12H10O2/c13-10-5-6-11-12(10)9-4-2-1-3-8(9)7-14-11/h1-4H,5-7H2.